The molecular weight excluding hydrogens is 208 g/mol. The molecule has 0 bridgehead atoms. The van der Waals surface area contributed by atoms with Crippen molar-refractivity contribution in [2.75, 3.05) is 18.2 Å². The molecule has 0 unspecified atom stereocenters. The topological polar surface area (TPSA) is 33.2 Å². The predicted octanol–water partition coefficient (Wildman–Crippen LogP) is 1.55. The van der Waals surface area contributed by atoms with Crippen molar-refractivity contribution in [2.24, 2.45) is 0 Å². The largest absolute Gasteiger partial charge is 0.333 e. The van der Waals surface area contributed by atoms with E-state index in [1.54, 1.807) is 12.4 Å². The van der Waals surface area contributed by atoms with Gasteiger partial charge < -0.3 is 4.90 Å². The summed E-state index contributed by atoms with van der Waals surface area (Å²) in [5.74, 6) is 2.23. The van der Waals surface area contributed by atoms with Crippen LogP contribution in [0.2, 0.25) is 0 Å². The molecule has 0 aromatic carbocycles. The molecule has 80 valence electrons. The van der Waals surface area contributed by atoms with Gasteiger partial charge in [-0.15, -0.1) is 11.8 Å². The van der Waals surface area contributed by atoms with Crippen LogP contribution in [0.4, 0.5) is 0 Å². The van der Waals surface area contributed by atoms with Crippen LogP contribution in [0.25, 0.3) is 0 Å². The Labute approximate surface area is 93.9 Å². The summed E-state index contributed by atoms with van der Waals surface area (Å²) in [6.45, 7) is 0.917. The van der Waals surface area contributed by atoms with Crippen LogP contribution in [0.15, 0.2) is 24.5 Å². The molecular formula is C11H14N2OS. The average Bonchev–Trinajstić information content (AvgIpc) is 2.81. The van der Waals surface area contributed by atoms with Crippen LogP contribution < -0.4 is 0 Å². The fraction of sp³-hybridized carbons (Fsp3) is 0.455. The number of carbonyl (C=O) groups excluding carboxylic acids is 1. The zero-order chi connectivity index (χ0) is 10.5. The van der Waals surface area contributed by atoms with Crippen LogP contribution in [0.5, 0.6) is 0 Å². The predicted molar refractivity (Wildman–Crippen MR) is 61.6 cm³/mol. The summed E-state index contributed by atoms with van der Waals surface area (Å²) in [5, 5.41) is 0. The summed E-state index contributed by atoms with van der Waals surface area (Å²) in [7, 11) is 0. The molecule has 0 atom stereocenters. The number of thioether (sulfide) groups is 1. The van der Waals surface area contributed by atoms with Crippen LogP contribution in [0.3, 0.4) is 0 Å². The van der Waals surface area contributed by atoms with E-state index in [1.807, 2.05) is 28.8 Å². The summed E-state index contributed by atoms with van der Waals surface area (Å²) < 4.78 is 0. The van der Waals surface area contributed by atoms with Gasteiger partial charge >= 0.3 is 0 Å². The first kappa shape index (κ1) is 10.5. The normalized spacial score (nSPS) is 15.6. The van der Waals surface area contributed by atoms with E-state index < -0.39 is 0 Å². The van der Waals surface area contributed by atoms with Crippen LogP contribution in [-0.2, 0) is 11.2 Å². The van der Waals surface area contributed by atoms with E-state index in [-0.39, 0.29) is 5.91 Å². The van der Waals surface area contributed by atoms with Crippen molar-refractivity contribution < 1.29 is 4.79 Å². The molecule has 1 aliphatic rings. The lowest BCUT2D eigenvalue weighted by atomic mass is 10.1. The van der Waals surface area contributed by atoms with Gasteiger partial charge in [-0.05, 0) is 24.1 Å². The summed E-state index contributed by atoms with van der Waals surface area (Å²) in [6.07, 6.45) is 4.98. The fourth-order valence-electron chi connectivity index (χ4n) is 1.57. The Morgan fingerprint density at radius 2 is 2.27 bits per heavy atom. The molecule has 1 aromatic rings. The maximum atomic E-state index is 11.7. The number of aromatic nitrogens is 1. The minimum atomic E-state index is 0.275. The first-order valence-corrected chi connectivity index (χ1v) is 6.26. The van der Waals surface area contributed by atoms with Gasteiger partial charge in [-0.2, -0.15) is 0 Å². The first-order chi connectivity index (χ1) is 7.36. The van der Waals surface area contributed by atoms with Crippen molar-refractivity contribution in [1.29, 1.82) is 0 Å². The minimum absolute atomic E-state index is 0.275. The number of rotatable bonds is 3. The van der Waals surface area contributed by atoms with Crippen molar-refractivity contribution >= 4 is 17.7 Å². The van der Waals surface area contributed by atoms with Crippen LogP contribution in [0.1, 0.15) is 12.0 Å². The van der Waals surface area contributed by atoms with Crippen molar-refractivity contribution in [3.05, 3.63) is 30.1 Å². The third-order valence-electron chi connectivity index (χ3n) is 2.48. The maximum absolute atomic E-state index is 11.7. The van der Waals surface area contributed by atoms with Crippen molar-refractivity contribution in [3.63, 3.8) is 0 Å². The number of hydrogen-bond donors (Lipinski definition) is 0. The zero-order valence-corrected chi connectivity index (χ0v) is 9.37. The molecule has 3 nitrogen and oxygen atoms in total. The lowest BCUT2D eigenvalue weighted by molar-refractivity contribution is -0.129. The number of amides is 1. The molecule has 1 amide bonds. The molecule has 4 heteroatoms. The summed E-state index contributed by atoms with van der Waals surface area (Å²) in [6, 6.07) is 3.93. The van der Waals surface area contributed by atoms with Gasteiger partial charge in [0.2, 0.25) is 5.91 Å². The van der Waals surface area contributed by atoms with Gasteiger partial charge in [0.15, 0.2) is 0 Å². The standard InChI is InChI=1S/C11H14N2OS/c14-11(13-7-8-15-9-13)2-1-10-3-5-12-6-4-10/h3-6H,1-2,7-9H2. The van der Waals surface area contributed by atoms with E-state index in [9.17, 15) is 4.79 Å². The highest BCUT2D eigenvalue weighted by Gasteiger charge is 2.17. The molecule has 15 heavy (non-hydrogen) atoms. The van der Waals surface area contributed by atoms with Gasteiger partial charge in [0.25, 0.3) is 0 Å². The highest BCUT2D eigenvalue weighted by Crippen LogP contribution is 2.15. The van der Waals surface area contributed by atoms with E-state index in [4.69, 9.17) is 0 Å². The van der Waals surface area contributed by atoms with Crippen molar-refractivity contribution in [2.45, 2.75) is 12.8 Å². The SMILES string of the molecule is O=C(CCc1ccncc1)N1CCSC1. The number of nitrogens with zero attached hydrogens (tertiary/aromatic N) is 2. The lowest BCUT2D eigenvalue weighted by Crippen LogP contribution is -2.27. The van der Waals surface area contributed by atoms with Gasteiger partial charge in [0.05, 0.1) is 5.88 Å². The minimum Gasteiger partial charge on any atom is -0.333 e. The Balaban J connectivity index is 1.80. The second-order valence-electron chi connectivity index (χ2n) is 3.55. The Morgan fingerprint density at radius 1 is 1.47 bits per heavy atom. The monoisotopic (exact) mass is 222 g/mol. The molecule has 1 saturated heterocycles. The summed E-state index contributed by atoms with van der Waals surface area (Å²) in [4.78, 5) is 17.6. The molecule has 0 radical (unpaired) electrons. The molecule has 1 aliphatic heterocycles. The maximum Gasteiger partial charge on any atom is 0.223 e. The second-order valence-corrected chi connectivity index (χ2v) is 4.62. The van der Waals surface area contributed by atoms with Gasteiger partial charge in [-0.25, -0.2) is 0 Å². The Hall–Kier alpha value is -1.03. The van der Waals surface area contributed by atoms with E-state index >= 15 is 0 Å². The molecule has 0 aliphatic carbocycles. The van der Waals surface area contributed by atoms with Crippen molar-refractivity contribution in [3.8, 4) is 0 Å². The summed E-state index contributed by atoms with van der Waals surface area (Å²) >= 11 is 1.83. The average molecular weight is 222 g/mol. The van der Waals surface area contributed by atoms with E-state index in [1.165, 1.54) is 5.56 Å². The number of hydrogen-bond acceptors (Lipinski definition) is 3. The van der Waals surface area contributed by atoms with Crippen molar-refractivity contribution in [1.82, 2.24) is 9.88 Å². The third kappa shape index (κ3) is 2.96. The Bertz CT molecular complexity index is 323. The third-order valence-corrected chi connectivity index (χ3v) is 3.45. The van der Waals surface area contributed by atoms with Gasteiger partial charge in [-0.1, -0.05) is 0 Å². The molecule has 0 N–H and O–H groups in total. The highest BCUT2D eigenvalue weighted by molar-refractivity contribution is 7.99. The molecule has 2 heterocycles. The van der Waals surface area contributed by atoms with Crippen LogP contribution in [0, 0.1) is 0 Å². The highest BCUT2D eigenvalue weighted by atomic mass is 32.2. The van der Waals surface area contributed by atoms with E-state index in [0.29, 0.717) is 6.42 Å². The zero-order valence-electron chi connectivity index (χ0n) is 8.56. The lowest BCUT2D eigenvalue weighted by Gasteiger charge is -2.13. The molecule has 1 aromatic heterocycles. The number of pyridine rings is 1. The number of aryl methyl sites for hydroxylation is 1. The molecule has 0 saturated carbocycles. The summed E-state index contributed by atoms with van der Waals surface area (Å²) in [5.41, 5.74) is 1.19. The first-order valence-electron chi connectivity index (χ1n) is 5.11. The number of carbonyl (C=O) groups is 1. The smallest absolute Gasteiger partial charge is 0.223 e. The van der Waals surface area contributed by atoms with Gasteiger partial charge in [-0.3, -0.25) is 9.78 Å². The fourth-order valence-corrected chi connectivity index (χ4v) is 2.54. The Morgan fingerprint density at radius 3 is 2.93 bits per heavy atom. The van der Waals surface area contributed by atoms with E-state index in [2.05, 4.69) is 4.98 Å². The molecule has 2 rings (SSSR count). The quantitative estimate of drug-likeness (QED) is 0.778. The van der Waals surface area contributed by atoms with Crippen LogP contribution in [-0.4, -0.2) is 34.0 Å². The second kappa shape index (κ2) is 5.16. The van der Waals surface area contributed by atoms with Gasteiger partial charge in [0, 0.05) is 31.1 Å². The van der Waals surface area contributed by atoms with Crippen LogP contribution >= 0.6 is 11.8 Å². The molecule has 0 spiro atoms. The van der Waals surface area contributed by atoms with E-state index in [0.717, 1.165) is 24.6 Å². The van der Waals surface area contributed by atoms with Gasteiger partial charge in [0.1, 0.15) is 0 Å². The Kier molecular flexibility index (Phi) is 3.61. The molecule has 1 fully saturated rings.